The van der Waals surface area contributed by atoms with Gasteiger partial charge in [0, 0.05) is 26.7 Å². The van der Waals surface area contributed by atoms with Gasteiger partial charge >= 0.3 is 12.1 Å². The van der Waals surface area contributed by atoms with Crippen molar-refractivity contribution in [1.29, 1.82) is 0 Å². The molecule has 174 valence electrons. The summed E-state index contributed by atoms with van der Waals surface area (Å²) in [6, 6.07) is 5.31. The summed E-state index contributed by atoms with van der Waals surface area (Å²) in [6.45, 7) is 7.43. The van der Waals surface area contributed by atoms with Crippen molar-refractivity contribution in [2.45, 2.75) is 45.4 Å². The number of aliphatic imine (C=N–C) groups is 1. The van der Waals surface area contributed by atoms with Crippen LogP contribution in [0.4, 0.5) is 4.79 Å². The lowest BCUT2D eigenvalue weighted by molar-refractivity contribution is 0.0506. The number of esters is 1. The highest BCUT2D eigenvalue weighted by Gasteiger charge is 2.27. The van der Waals surface area contributed by atoms with Gasteiger partial charge in [-0.1, -0.05) is 6.07 Å². The minimum atomic E-state index is -0.523. The lowest BCUT2D eigenvalue weighted by atomic mass is 10.1. The molecule has 1 aromatic carbocycles. The van der Waals surface area contributed by atoms with E-state index in [2.05, 4.69) is 20.5 Å². The van der Waals surface area contributed by atoms with Crippen LogP contribution >= 0.6 is 24.0 Å². The number of nitrogens with one attached hydrogen (secondary N) is 2. The third-order valence-corrected chi connectivity index (χ3v) is 4.54. The van der Waals surface area contributed by atoms with Crippen molar-refractivity contribution in [2.24, 2.45) is 4.99 Å². The van der Waals surface area contributed by atoms with Gasteiger partial charge in [-0.2, -0.15) is 0 Å². The maximum atomic E-state index is 12.0. The van der Waals surface area contributed by atoms with Crippen LogP contribution in [0.1, 0.15) is 43.1 Å². The third kappa shape index (κ3) is 8.08. The van der Waals surface area contributed by atoms with Gasteiger partial charge in [0.25, 0.3) is 0 Å². The summed E-state index contributed by atoms with van der Waals surface area (Å²) in [5, 5.41) is 6.22. The first-order valence-electron chi connectivity index (χ1n) is 9.87. The maximum absolute atomic E-state index is 12.0. The average Bonchev–Trinajstić information content (AvgIpc) is 3.14. The summed E-state index contributed by atoms with van der Waals surface area (Å²) >= 11 is 0. The van der Waals surface area contributed by atoms with E-state index in [0.717, 1.165) is 24.5 Å². The number of guanidine groups is 1. The molecule has 10 heteroatoms. The molecular weight excluding hydrogens is 515 g/mol. The first-order chi connectivity index (χ1) is 14.2. The van der Waals surface area contributed by atoms with Crippen LogP contribution in [0.5, 0.6) is 5.75 Å². The van der Waals surface area contributed by atoms with Gasteiger partial charge in [-0.25, -0.2) is 9.59 Å². The maximum Gasteiger partial charge on any atom is 0.407 e. The first kappa shape index (κ1) is 26.8. The molecule has 0 aliphatic carbocycles. The highest BCUT2D eigenvalue weighted by Crippen LogP contribution is 2.21. The Morgan fingerprint density at radius 3 is 2.55 bits per heavy atom. The minimum absolute atomic E-state index is 0. The molecule has 0 unspecified atom stereocenters. The van der Waals surface area contributed by atoms with E-state index in [1.54, 1.807) is 19.2 Å². The SMILES string of the molecule is CN=C(NCc1ccc(C(=O)OC)c(OC)c1)N1CC[C@@H](NC(=O)OC(C)(C)C)C1.I. The molecule has 0 radical (unpaired) electrons. The molecule has 1 amide bonds. The first-order valence-corrected chi connectivity index (χ1v) is 9.87. The van der Waals surface area contributed by atoms with Gasteiger partial charge in [0.15, 0.2) is 5.96 Å². The zero-order chi connectivity index (χ0) is 22.3. The van der Waals surface area contributed by atoms with Crippen LogP contribution in [0.3, 0.4) is 0 Å². The normalized spacial score (nSPS) is 16.3. The molecule has 2 N–H and O–H groups in total. The molecule has 1 aromatic rings. The molecule has 9 nitrogen and oxygen atoms in total. The Hall–Kier alpha value is -2.24. The van der Waals surface area contributed by atoms with Gasteiger partial charge in [-0.3, -0.25) is 4.99 Å². The van der Waals surface area contributed by atoms with Crippen LogP contribution in [0.25, 0.3) is 0 Å². The van der Waals surface area contributed by atoms with E-state index in [1.165, 1.54) is 14.2 Å². The van der Waals surface area contributed by atoms with Crippen LogP contribution in [-0.4, -0.2) is 68.9 Å². The molecule has 1 aliphatic rings. The quantitative estimate of drug-likeness (QED) is 0.253. The fourth-order valence-electron chi connectivity index (χ4n) is 3.18. The van der Waals surface area contributed by atoms with Crippen molar-refractivity contribution < 1.29 is 23.8 Å². The summed E-state index contributed by atoms with van der Waals surface area (Å²) in [6.07, 6.45) is 0.400. The van der Waals surface area contributed by atoms with Gasteiger partial charge in [0.05, 0.1) is 20.3 Å². The molecule has 0 saturated carbocycles. The van der Waals surface area contributed by atoms with Crippen molar-refractivity contribution in [3.8, 4) is 5.75 Å². The highest BCUT2D eigenvalue weighted by molar-refractivity contribution is 14.0. The van der Waals surface area contributed by atoms with Crippen molar-refractivity contribution in [2.75, 3.05) is 34.4 Å². The van der Waals surface area contributed by atoms with E-state index in [1.807, 2.05) is 26.8 Å². The van der Waals surface area contributed by atoms with Gasteiger partial charge in [0.1, 0.15) is 16.9 Å². The Bertz CT molecular complexity index is 794. The predicted molar refractivity (Wildman–Crippen MR) is 129 cm³/mol. The molecule has 0 aromatic heterocycles. The topological polar surface area (TPSA) is 101 Å². The number of rotatable bonds is 5. The monoisotopic (exact) mass is 548 g/mol. The highest BCUT2D eigenvalue weighted by atomic mass is 127. The molecule has 0 bridgehead atoms. The number of nitrogens with zero attached hydrogens (tertiary/aromatic N) is 2. The van der Waals surface area contributed by atoms with Crippen LogP contribution in [0.2, 0.25) is 0 Å². The second-order valence-electron chi connectivity index (χ2n) is 8.00. The number of carbonyl (C=O) groups is 2. The molecule has 1 fully saturated rings. The molecular formula is C21H33IN4O5. The predicted octanol–water partition coefficient (Wildman–Crippen LogP) is 2.77. The lowest BCUT2D eigenvalue weighted by Crippen LogP contribution is -2.44. The molecule has 2 rings (SSSR count). The zero-order valence-corrected chi connectivity index (χ0v) is 21.3. The number of ether oxygens (including phenoxy) is 3. The zero-order valence-electron chi connectivity index (χ0n) is 19.0. The number of carbonyl (C=O) groups excluding carboxylic acids is 2. The van der Waals surface area contributed by atoms with Gasteiger partial charge in [0.2, 0.25) is 0 Å². The van der Waals surface area contributed by atoms with Crippen LogP contribution < -0.4 is 15.4 Å². The molecule has 1 aliphatic heterocycles. The largest absolute Gasteiger partial charge is 0.496 e. The Kier molecular flexibility index (Phi) is 10.3. The summed E-state index contributed by atoms with van der Waals surface area (Å²) in [5.74, 6) is 0.751. The number of hydrogen-bond donors (Lipinski definition) is 2. The standard InChI is InChI=1S/C21H32N4O5.HI/c1-21(2,3)30-20(27)24-15-9-10-25(13-15)19(22-4)23-12-14-7-8-16(18(26)29-6)17(11-14)28-5;/h7-8,11,15H,9-10,12-13H2,1-6H3,(H,22,23)(H,24,27);1H/t15-;/m1./s1. The lowest BCUT2D eigenvalue weighted by Gasteiger charge is -2.23. The van der Waals surface area contributed by atoms with Gasteiger partial charge < -0.3 is 29.7 Å². The Balaban J connectivity index is 0.00000480. The van der Waals surface area contributed by atoms with E-state index in [4.69, 9.17) is 14.2 Å². The number of methoxy groups -OCH3 is 2. The Morgan fingerprint density at radius 2 is 1.97 bits per heavy atom. The molecule has 1 atom stereocenters. The van der Waals surface area contributed by atoms with Crippen LogP contribution in [0, 0.1) is 0 Å². The summed E-state index contributed by atoms with van der Waals surface area (Å²) in [4.78, 5) is 30.2. The average molecular weight is 548 g/mol. The number of amides is 1. The summed E-state index contributed by atoms with van der Waals surface area (Å²) < 4.78 is 15.4. The van der Waals surface area contributed by atoms with E-state index in [0.29, 0.717) is 24.4 Å². The summed E-state index contributed by atoms with van der Waals surface area (Å²) in [7, 11) is 4.57. The van der Waals surface area contributed by atoms with E-state index < -0.39 is 17.7 Å². The number of benzene rings is 1. The van der Waals surface area contributed by atoms with E-state index >= 15 is 0 Å². The number of halogens is 1. The fraction of sp³-hybridized carbons (Fsp3) is 0.571. The van der Waals surface area contributed by atoms with Gasteiger partial charge in [-0.15, -0.1) is 24.0 Å². The van der Waals surface area contributed by atoms with Gasteiger partial charge in [-0.05, 0) is 44.9 Å². The second kappa shape index (κ2) is 12.0. The second-order valence-corrected chi connectivity index (χ2v) is 8.00. The third-order valence-electron chi connectivity index (χ3n) is 4.54. The van der Waals surface area contributed by atoms with Crippen molar-refractivity contribution in [1.82, 2.24) is 15.5 Å². The molecule has 0 spiro atoms. The fourth-order valence-corrected chi connectivity index (χ4v) is 3.18. The number of likely N-dealkylation sites (tertiary alicyclic amines) is 1. The molecule has 1 heterocycles. The Labute approximate surface area is 200 Å². The van der Waals surface area contributed by atoms with E-state index in [-0.39, 0.29) is 30.0 Å². The van der Waals surface area contributed by atoms with E-state index in [9.17, 15) is 9.59 Å². The Morgan fingerprint density at radius 1 is 1.26 bits per heavy atom. The molecule has 1 saturated heterocycles. The van der Waals surface area contributed by atoms with Crippen molar-refractivity contribution in [3.05, 3.63) is 29.3 Å². The van der Waals surface area contributed by atoms with Crippen LogP contribution in [0.15, 0.2) is 23.2 Å². The minimum Gasteiger partial charge on any atom is -0.496 e. The van der Waals surface area contributed by atoms with Crippen LogP contribution in [-0.2, 0) is 16.0 Å². The van der Waals surface area contributed by atoms with Crippen molar-refractivity contribution >= 4 is 42.0 Å². The molecule has 31 heavy (non-hydrogen) atoms. The van der Waals surface area contributed by atoms with Crippen molar-refractivity contribution in [3.63, 3.8) is 0 Å². The number of alkyl carbamates (subject to hydrolysis) is 1. The number of hydrogen-bond acceptors (Lipinski definition) is 6. The summed E-state index contributed by atoms with van der Waals surface area (Å²) in [5.41, 5.74) is 0.789. The smallest absolute Gasteiger partial charge is 0.407 e.